The van der Waals surface area contributed by atoms with E-state index < -0.39 is 12.2 Å². The first kappa shape index (κ1) is 9.96. The molecule has 0 fully saturated rings. The Kier molecular flexibility index (Phi) is 3.23. The highest BCUT2D eigenvalue weighted by molar-refractivity contribution is 5.32. The first-order valence-electron chi connectivity index (χ1n) is 4.24. The predicted octanol–water partition coefficient (Wildman–Crippen LogP) is 1.96. The van der Waals surface area contributed by atoms with Gasteiger partial charge in [0.05, 0.1) is 12.2 Å². The van der Waals surface area contributed by atoms with E-state index in [4.69, 9.17) is 0 Å². The molecule has 2 nitrogen and oxygen atoms in total. The van der Waals surface area contributed by atoms with Crippen LogP contribution in [0.4, 0.5) is 0 Å². The second-order valence-electron chi connectivity index (χ2n) is 2.99. The van der Waals surface area contributed by atoms with Gasteiger partial charge >= 0.3 is 0 Å². The van der Waals surface area contributed by atoms with Crippen molar-refractivity contribution in [3.8, 4) is 0 Å². The van der Waals surface area contributed by atoms with Crippen LogP contribution in [0.25, 0.3) is 0 Å². The van der Waals surface area contributed by atoms with E-state index in [0.717, 1.165) is 5.56 Å². The van der Waals surface area contributed by atoms with Crippen LogP contribution in [0.5, 0.6) is 0 Å². The van der Waals surface area contributed by atoms with Crippen LogP contribution in [-0.2, 0) is 0 Å². The monoisotopic (exact) mass is 178 g/mol. The summed E-state index contributed by atoms with van der Waals surface area (Å²) in [6.07, 6.45) is 0.179. The lowest BCUT2D eigenvalue weighted by Gasteiger charge is -2.13. The standard InChI is InChI=1S/C11H14O2/c1-3-11(13)10-7-5-4-6-9(10)8(2)12/h3-8,11-13H,1H2,2H3/t8-,11-/m1/s1. The second kappa shape index (κ2) is 4.21. The summed E-state index contributed by atoms with van der Waals surface area (Å²) < 4.78 is 0. The lowest BCUT2D eigenvalue weighted by atomic mass is 9.99. The fourth-order valence-electron chi connectivity index (χ4n) is 1.29. The SMILES string of the molecule is C=C[C@@H](O)c1ccccc1[C@@H](C)O. The molecule has 0 aromatic heterocycles. The molecule has 0 saturated carbocycles. The highest BCUT2D eigenvalue weighted by Crippen LogP contribution is 2.23. The largest absolute Gasteiger partial charge is 0.389 e. The van der Waals surface area contributed by atoms with Gasteiger partial charge in [-0.3, -0.25) is 0 Å². The van der Waals surface area contributed by atoms with Crippen LogP contribution in [0.1, 0.15) is 30.3 Å². The van der Waals surface area contributed by atoms with Crippen LogP contribution in [0, 0.1) is 0 Å². The van der Waals surface area contributed by atoms with E-state index in [0.29, 0.717) is 5.56 Å². The van der Waals surface area contributed by atoms with Gasteiger partial charge in [-0.15, -0.1) is 6.58 Å². The van der Waals surface area contributed by atoms with Gasteiger partial charge in [-0.05, 0) is 18.1 Å². The summed E-state index contributed by atoms with van der Waals surface area (Å²) in [5, 5.41) is 18.9. The van der Waals surface area contributed by atoms with Gasteiger partial charge in [0.2, 0.25) is 0 Å². The summed E-state index contributed by atoms with van der Waals surface area (Å²) in [7, 11) is 0. The smallest absolute Gasteiger partial charge is 0.0972 e. The third-order valence-electron chi connectivity index (χ3n) is 1.99. The van der Waals surface area contributed by atoms with E-state index in [1.165, 1.54) is 6.08 Å². The van der Waals surface area contributed by atoms with E-state index in [-0.39, 0.29) is 0 Å². The van der Waals surface area contributed by atoms with E-state index >= 15 is 0 Å². The van der Waals surface area contributed by atoms with Crippen LogP contribution in [0.2, 0.25) is 0 Å². The topological polar surface area (TPSA) is 40.5 Å². The van der Waals surface area contributed by atoms with Crippen molar-refractivity contribution >= 4 is 0 Å². The Morgan fingerprint density at radius 1 is 1.23 bits per heavy atom. The molecule has 0 spiro atoms. The molecule has 0 amide bonds. The van der Waals surface area contributed by atoms with Crippen molar-refractivity contribution in [2.75, 3.05) is 0 Å². The molecule has 2 atom stereocenters. The fourth-order valence-corrected chi connectivity index (χ4v) is 1.29. The summed E-state index contributed by atoms with van der Waals surface area (Å²) in [6, 6.07) is 7.25. The Bertz CT molecular complexity index is 292. The molecule has 2 heteroatoms. The van der Waals surface area contributed by atoms with E-state index in [1.807, 2.05) is 12.1 Å². The van der Waals surface area contributed by atoms with Crippen LogP contribution in [0.15, 0.2) is 36.9 Å². The fraction of sp³-hybridized carbons (Fsp3) is 0.273. The van der Waals surface area contributed by atoms with Crippen molar-refractivity contribution in [3.63, 3.8) is 0 Å². The lowest BCUT2D eigenvalue weighted by molar-refractivity contribution is 0.186. The number of hydrogen-bond donors (Lipinski definition) is 2. The Morgan fingerprint density at radius 3 is 2.23 bits per heavy atom. The van der Waals surface area contributed by atoms with E-state index in [1.54, 1.807) is 19.1 Å². The number of aliphatic hydroxyl groups is 2. The highest BCUT2D eigenvalue weighted by Gasteiger charge is 2.11. The van der Waals surface area contributed by atoms with Crippen molar-refractivity contribution in [2.45, 2.75) is 19.1 Å². The average Bonchev–Trinajstić information content (AvgIpc) is 2.16. The number of benzene rings is 1. The molecule has 70 valence electrons. The molecule has 0 unspecified atom stereocenters. The number of rotatable bonds is 3. The van der Waals surface area contributed by atoms with Crippen molar-refractivity contribution in [1.29, 1.82) is 0 Å². The van der Waals surface area contributed by atoms with Gasteiger partial charge in [0.15, 0.2) is 0 Å². The molecule has 0 radical (unpaired) electrons. The van der Waals surface area contributed by atoms with Crippen molar-refractivity contribution in [1.82, 2.24) is 0 Å². The lowest BCUT2D eigenvalue weighted by Crippen LogP contribution is -2.01. The molecule has 0 saturated heterocycles. The third kappa shape index (κ3) is 2.17. The normalized spacial score (nSPS) is 15.0. The van der Waals surface area contributed by atoms with E-state index in [9.17, 15) is 10.2 Å². The van der Waals surface area contributed by atoms with Crippen molar-refractivity contribution in [2.24, 2.45) is 0 Å². The molecule has 1 aromatic carbocycles. The zero-order valence-electron chi connectivity index (χ0n) is 7.64. The summed E-state index contributed by atoms with van der Waals surface area (Å²) in [5.74, 6) is 0. The van der Waals surface area contributed by atoms with Gasteiger partial charge in [-0.2, -0.15) is 0 Å². The Morgan fingerprint density at radius 2 is 1.77 bits per heavy atom. The van der Waals surface area contributed by atoms with Crippen LogP contribution < -0.4 is 0 Å². The van der Waals surface area contributed by atoms with Gasteiger partial charge < -0.3 is 10.2 Å². The number of aliphatic hydroxyl groups excluding tert-OH is 2. The van der Waals surface area contributed by atoms with Gasteiger partial charge in [0.1, 0.15) is 0 Å². The maximum atomic E-state index is 9.53. The van der Waals surface area contributed by atoms with Gasteiger partial charge in [0.25, 0.3) is 0 Å². The molecule has 0 heterocycles. The van der Waals surface area contributed by atoms with Crippen LogP contribution >= 0.6 is 0 Å². The average molecular weight is 178 g/mol. The van der Waals surface area contributed by atoms with Gasteiger partial charge in [-0.25, -0.2) is 0 Å². The summed E-state index contributed by atoms with van der Waals surface area (Å²) in [5.41, 5.74) is 1.46. The minimum Gasteiger partial charge on any atom is -0.389 e. The molecular formula is C11H14O2. The Balaban J connectivity index is 3.11. The zero-order valence-corrected chi connectivity index (χ0v) is 7.64. The second-order valence-corrected chi connectivity index (χ2v) is 2.99. The molecule has 1 aromatic rings. The van der Waals surface area contributed by atoms with Crippen LogP contribution in [0.3, 0.4) is 0 Å². The molecule has 0 aliphatic heterocycles. The summed E-state index contributed by atoms with van der Waals surface area (Å²) in [6.45, 7) is 5.18. The molecule has 2 N–H and O–H groups in total. The predicted molar refractivity (Wildman–Crippen MR) is 52.2 cm³/mol. The van der Waals surface area contributed by atoms with Crippen LogP contribution in [-0.4, -0.2) is 10.2 Å². The molecule has 13 heavy (non-hydrogen) atoms. The van der Waals surface area contributed by atoms with E-state index in [2.05, 4.69) is 6.58 Å². The zero-order chi connectivity index (χ0) is 9.84. The van der Waals surface area contributed by atoms with Crippen molar-refractivity contribution < 1.29 is 10.2 Å². The minimum atomic E-state index is -0.703. The highest BCUT2D eigenvalue weighted by atomic mass is 16.3. The molecular weight excluding hydrogens is 164 g/mol. The molecule has 0 aliphatic carbocycles. The molecule has 1 rings (SSSR count). The maximum Gasteiger partial charge on any atom is 0.0972 e. The Labute approximate surface area is 78.2 Å². The van der Waals surface area contributed by atoms with Gasteiger partial charge in [0, 0.05) is 0 Å². The maximum absolute atomic E-state index is 9.53. The van der Waals surface area contributed by atoms with Gasteiger partial charge in [-0.1, -0.05) is 30.3 Å². The summed E-state index contributed by atoms with van der Waals surface area (Å²) in [4.78, 5) is 0. The first-order valence-corrected chi connectivity index (χ1v) is 4.24. The quantitative estimate of drug-likeness (QED) is 0.694. The first-order chi connectivity index (χ1) is 6.16. The molecule has 0 bridgehead atoms. The number of hydrogen-bond acceptors (Lipinski definition) is 2. The Hall–Kier alpha value is -1.12. The third-order valence-corrected chi connectivity index (χ3v) is 1.99. The summed E-state index contributed by atoms with van der Waals surface area (Å²) >= 11 is 0. The molecule has 0 aliphatic rings. The van der Waals surface area contributed by atoms with Crippen molar-refractivity contribution in [3.05, 3.63) is 48.0 Å². The minimum absolute atomic E-state index is 0.564.